The van der Waals surface area contributed by atoms with E-state index in [1.165, 1.54) is 30.2 Å². The lowest BCUT2D eigenvalue weighted by Gasteiger charge is -2.57. The first-order valence-electron chi connectivity index (χ1n) is 20.9. The topological polar surface area (TPSA) is 175 Å². The van der Waals surface area contributed by atoms with Gasteiger partial charge in [0.1, 0.15) is 18.0 Å². The van der Waals surface area contributed by atoms with Gasteiger partial charge in [-0.3, -0.25) is 44.6 Å². The maximum absolute atomic E-state index is 14.8. The van der Waals surface area contributed by atoms with Crippen LogP contribution in [0.15, 0.2) is 52.4 Å². The Morgan fingerprint density at radius 3 is 2.38 bits per heavy atom. The van der Waals surface area contributed by atoms with Crippen molar-refractivity contribution in [3.05, 3.63) is 53.6 Å². The van der Waals surface area contributed by atoms with Crippen molar-refractivity contribution in [2.75, 3.05) is 76.7 Å². The Hall–Kier alpha value is -5.53. The number of nitrogens with zero attached hydrogens (tertiary/aromatic N) is 8. The molecule has 61 heavy (non-hydrogen) atoms. The number of carbonyl (C=O) groups is 5. The van der Waals surface area contributed by atoms with E-state index in [0.29, 0.717) is 60.5 Å². The van der Waals surface area contributed by atoms with E-state index < -0.39 is 36.6 Å². The molecule has 17 nitrogen and oxygen atoms in total. The zero-order valence-electron chi connectivity index (χ0n) is 34.9. The number of carbonyl (C=O) groups excluding carboxylic acids is 5. The Balaban J connectivity index is 0.799. The van der Waals surface area contributed by atoms with Crippen LogP contribution in [0.2, 0.25) is 0 Å². The summed E-state index contributed by atoms with van der Waals surface area (Å²) in [6.07, 6.45) is 4.56. The van der Waals surface area contributed by atoms with Crippen LogP contribution in [0.4, 0.5) is 25.0 Å². The molecule has 6 heterocycles. The van der Waals surface area contributed by atoms with Gasteiger partial charge >= 0.3 is 12.0 Å². The lowest BCUT2D eigenvalue weighted by atomic mass is 9.71. The van der Waals surface area contributed by atoms with E-state index in [1.54, 1.807) is 56.3 Å². The third-order valence-corrected chi connectivity index (χ3v) is 13.0. The quantitative estimate of drug-likeness (QED) is 0.359. The fourth-order valence-electron chi connectivity index (χ4n) is 9.35. The summed E-state index contributed by atoms with van der Waals surface area (Å²) in [4.78, 5) is 80.8. The highest BCUT2D eigenvalue weighted by Crippen LogP contribution is 2.43. The molecule has 5 fully saturated rings. The normalized spacial score (nSPS) is 24.8. The molecule has 0 aliphatic carbocycles. The monoisotopic (exact) mass is 845 g/mol. The zero-order chi connectivity index (χ0) is 43.2. The summed E-state index contributed by atoms with van der Waals surface area (Å²) in [7, 11) is 2.82. The first-order chi connectivity index (χ1) is 29.1. The molecular formula is C42H53F2N11O6. The molecule has 1 spiro atoms. The summed E-state index contributed by atoms with van der Waals surface area (Å²) < 4.78 is 35.2. The van der Waals surface area contributed by atoms with Gasteiger partial charge in [-0.05, 0) is 81.3 Å². The maximum Gasteiger partial charge on any atom is 0.337 e. The van der Waals surface area contributed by atoms with Crippen LogP contribution in [-0.4, -0.2) is 163 Å². The number of hydrogen-bond acceptors (Lipinski definition) is 12. The number of halogens is 2. The number of hydrogen-bond donors (Lipinski definition) is 3. The molecule has 2 aromatic rings. The number of likely N-dealkylation sites (N-methyl/N-ethyl adjacent to an activating group) is 1. The number of amides is 6. The number of guanidine groups is 1. The van der Waals surface area contributed by atoms with Crippen molar-refractivity contribution in [2.24, 2.45) is 15.4 Å². The van der Waals surface area contributed by atoms with Gasteiger partial charge in [-0.1, -0.05) is 6.07 Å². The van der Waals surface area contributed by atoms with Gasteiger partial charge in [0.25, 0.3) is 17.7 Å². The molecule has 6 aliphatic heterocycles. The van der Waals surface area contributed by atoms with Crippen LogP contribution >= 0.6 is 0 Å². The number of benzene rings is 2. The number of piperidine rings is 2. The number of aliphatic imine (C=N–C) groups is 2. The molecule has 3 N–H and O–H groups in total. The molecule has 0 saturated carbocycles. The lowest BCUT2D eigenvalue weighted by molar-refractivity contribution is -0.155. The zero-order valence-corrected chi connectivity index (χ0v) is 34.9. The molecule has 8 rings (SSSR count). The van der Waals surface area contributed by atoms with Gasteiger partial charge in [-0.15, -0.1) is 0 Å². The molecular weight excluding hydrogens is 793 g/mol. The van der Waals surface area contributed by atoms with Crippen LogP contribution in [0.25, 0.3) is 0 Å². The highest BCUT2D eigenvalue weighted by Gasteiger charge is 2.52. The van der Waals surface area contributed by atoms with Crippen LogP contribution in [0, 0.1) is 5.41 Å². The van der Waals surface area contributed by atoms with Gasteiger partial charge in [-0.2, -0.15) is 8.78 Å². The van der Waals surface area contributed by atoms with Gasteiger partial charge < -0.3 is 19.9 Å². The number of anilines is 2. The minimum absolute atomic E-state index is 0.0517. The van der Waals surface area contributed by atoms with Crippen molar-refractivity contribution in [1.29, 1.82) is 0 Å². The van der Waals surface area contributed by atoms with Crippen molar-refractivity contribution < 1.29 is 37.5 Å². The number of ether oxygens (including phenoxy) is 1. The number of alkyl halides is 2. The van der Waals surface area contributed by atoms with E-state index in [0.717, 1.165) is 43.7 Å². The third-order valence-electron chi connectivity index (χ3n) is 13.0. The summed E-state index contributed by atoms with van der Waals surface area (Å²) in [5, 5.41) is 7.39. The lowest BCUT2D eigenvalue weighted by Crippen LogP contribution is -2.64. The molecule has 6 amide bonds. The Morgan fingerprint density at radius 1 is 0.951 bits per heavy atom. The standard InChI is InChI=1S/C42H53F2N11O6/c1-26(2)55-25-42(43,44)38(59)50(3)32-22-45-39(48-35(32)55)46-31-9-8-27(21-33(31)61-4)36(57)49-53-15-10-29(11-16-53)52-23-41(24-52)13-18-51(19-14-41)37(58)28-6-5-7-30(20-28)54-17-12-34(56)47-40(54)60/h5-9,20-22,26,29,32,35H,10-19,23-25H2,1-4H3,(H,46,48)(H,49,57)(H,47,56,60). The molecule has 0 radical (unpaired) electrons. The van der Waals surface area contributed by atoms with E-state index in [-0.39, 0.29) is 48.1 Å². The van der Waals surface area contributed by atoms with Gasteiger partial charge in [0.05, 0.1) is 19.3 Å². The Labute approximate surface area is 353 Å². The maximum atomic E-state index is 14.8. The van der Waals surface area contributed by atoms with E-state index in [2.05, 4.69) is 30.9 Å². The van der Waals surface area contributed by atoms with E-state index in [4.69, 9.17) is 4.74 Å². The van der Waals surface area contributed by atoms with Crippen LogP contribution in [0.1, 0.15) is 66.7 Å². The average Bonchev–Trinajstić information content (AvgIpc) is 3.31. The summed E-state index contributed by atoms with van der Waals surface area (Å²) >= 11 is 0. The molecule has 2 unspecified atom stereocenters. The minimum atomic E-state index is -3.56. The smallest absolute Gasteiger partial charge is 0.337 e. The summed E-state index contributed by atoms with van der Waals surface area (Å²) in [5.41, 5.74) is 5.23. The van der Waals surface area contributed by atoms with Gasteiger partial charge in [0, 0.05) is 94.4 Å². The van der Waals surface area contributed by atoms with Crippen LogP contribution in [0.3, 0.4) is 0 Å². The Morgan fingerprint density at radius 2 is 1.69 bits per heavy atom. The number of nitrogens with one attached hydrogen (secondary N) is 3. The number of fused-ring (bicyclic) bond motifs is 1. The molecule has 0 aromatic heterocycles. The van der Waals surface area contributed by atoms with Crippen molar-refractivity contribution >= 4 is 53.2 Å². The summed E-state index contributed by atoms with van der Waals surface area (Å²) in [6.45, 7) is 7.81. The highest BCUT2D eigenvalue weighted by atomic mass is 19.3. The number of methoxy groups -OCH3 is 1. The number of urea groups is 1. The first-order valence-corrected chi connectivity index (χ1v) is 20.9. The number of imide groups is 1. The van der Waals surface area contributed by atoms with E-state index in [9.17, 15) is 32.8 Å². The number of rotatable bonds is 8. The van der Waals surface area contributed by atoms with Gasteiger partial charge in [-0.25, -0.2) is 19.8 Å². The molecule has 2 atom stereocenters. The molecule has 2 aromatic carbocycles. The Kier molecular flexibility index (Phi) is 11.6. The van der Waals surface area contributed by atoms with Crippen LogP contribution in [-0.2, 0) is 9.59 Å². The highest BCUT2D eigenvalue weighted by molar-refractivity contribution is 6.06. The second-order valence-electron chi connectivity index (χ2n) is 17.2. The predicted octanol–water partition coefficient (Wildman–Crippen LogP) is 2.85. The van der Waals surface area contributed by atoms with Crippen molar-refractivity contribution in [3.8, 4) is 5.75 Å². The number of likely N-dealkylation sites (tertiary alicyclic amines) is 2. The van der Waals surface area contributed by atoms with E-state index >= 15 is 0 Å². The second kappa shape index (κ2) is 16.7. The van der Waals surface area contributed by atoms with Crippen LogP contribution < -0.4 is 25.7 Å². The van der Waals surface area contributed by atoms with Crippen LogP contribution in [0.5, 0.6) is 5.75 Å². The third kappa shape index (κ3) is 8.55. The molecule has 0 bridgehead atoms. The van der Waals surface area contributed by atoms with Gasteiger partial charge in [0.15, 0.2) is 0 Å². The van der Waals surface area contributed by atoms with E-state index in [1.807, 2.05) is 9.91 Å². The predicted molar refractivity (Wildman–Crippen MR) is 223 cm³/mol. The largest absolute Gasteiger partial charge is 0.495 e. The molecule has 19 heteroatoms. The van der Waals surface area contributed by atoms with Gasteiger partial charge in [0.2, 0.25) is 11.9 Å². The summed E-state index contributed by atoms with van der Waals surface area (Å²) in [6, 6.07) is 10.8. The van der Waals surface area contributed by atoms with Crippen molar-refractivity contribution in [2.45, 2.75) is 76.2 Å². The SMILES string of the molecule is COc1cc(C(=O)NN2CCC(N3CC4(CCN(C(=O)c5cccc(N6CCC(=O)NC6=O)c5)CC4)C3)CC2)ccc1NC1=NC2C(C=N1)N(C)C(=O)C(F)(F)CN2C(C)C. The van der Waals surface area contributed by atoms with Crippen molar-refractivity contribution in [1.82, 2.24) is 35.4 Å². The first kappa shape index (κ1) is 42.2. The fourth-order valence-corrected chi connectivity index (χ4v) is 9.35. The second-order valence-corrected chi connectivity index (χ2v) is 17.2. The average molecular weight is 846 g/mol. The Bertz CT molecular complexity index is 2130. The summed E-state index contributed by atoms with van der Waals surface area (Å²) in [5.74, 6) is -4.93. The molecule has 6 aliphatic rings. The number of hydrazine groups is 1. The minimum Gasteiger partial charge on any atom is -0.495 e. The fraction of sp³-hybridized carbons (Fsp3) is 0.548. The van der Waals surface area contributed by atoms with Crippen molar-refractivity contribution in [3.63, 3.8) is 0 Å². The molecule has 326 valence electrons. The molecule has 5 saturated heterocycles.